The maximum absolute atomic E-state index is 9.43. The van der Waals surface area contributed by atoms with Gasteiger partial charge in [-0.1, -0.05) is 36.4 Å². The molecule has 0 bridgehead atoms. The predicted molar refractivity (Wildman–Crippen MR) is 106 cm³/mol. The zero-order valence-corrected chi connectivity index (χ0v) is 15.4. The highest BCUT2D eigenvalue weighted by Crippen LogP contribution is 2.26. The van der Waals surface area contributed by atoms with E-state index < -0.39 is 0 Å². The van der Waals surface area contributed by atoms with Crippen LogP contribution in [0.5, 0.6) is 0 Å². The van der Waals surface area contributed by atoms with E-state index in [9.17, 15) is 5.11 Å². The zero-order chi connectivity index (χ0) is 18.5. The smallest absolute Gasteiger partial charge is 0.229 e. The van der Waals surface area contributed by atoms with Gasteiger partial charge in [0.05, 0.1) is 0 Å². The number of hydrogen-bond acceptors (Lipinski definition) is 5. The Morgan fingerprint density at radius 3 is 1.96 bits per heavy atom. The Kier molecular flexibility index (Phi) is 5.49. The molecule has 26 heavy (non-hydrogen) atoms. The Morgan fingerprint density at radius 2 is 1.38 bits per heavy atom. The molecule has 2 aromatic carbocycles. The third-order valence-electron chi connectivity index (χ3n) is 4.37. The first-order valence-electron chi connectivity index (χ1n) is 8.72. The van der Waals surface area contributed by atoms with Crippen molar-refractivity contribution >= 4 is 23.1 Å². The highest BCUT2D eigenvalue weighted by molar-refractivity contribution is 5.66. The number of aromatic nitrogens is 2. The molecule has 134 valence electrons. The van der Waals surface area contributed by atoms with Crippen molar-refractivity contribution in [3.05, 3.63) is 70.9 Å². The van der Waals surface area contributed by atoms with Gasteiger partial charge in [-0.15, -0.1) is 0 Å². The van der Waals surface area contributed by atoms with Gasteiger partial charge in [0.2, 0.25) is 5.95 Å². The maximum atomic E-state index is 9.43. The van der Waals surface area contributed by atoms with Crippen LogP contribution >= 0.6 is 0 Å². The fourth-order valence-corrected chi connectivity index (χ4v) is 2.84. The van der Waals surface area contributed by atoms with Crippen molar-refractivity contribution in [2.75, 3.05) is 17.2 Å². The van der Waals surface area contributed by atoms with Gasteiger partial charge in [-0.25, -0.2) is 4.98 Å². The van der Waals surface area contributed by atoms with Crippen LogP contribution in [0.2, 0.25) is 0 Å². The number of nitrogens with one attached hydrogen (secondary N) is 2. The number of rotatable bonds is 6. The summed E-state index contributed by atoms with van der Waals surface area (Å²) in [6.07, 6.45) is 0.505. The summed E-state index contributed by atoms with van der Waals surface area (Å²) in [5.41, 5.74) is 6.00. The molecule has 0 radical (unpaired) electrons. The highest BCUT2D eigenvalue weighted by Gasteiger charge is 2.13. The summed E-state index contributed by atoms with van der Waals surface area (Å²) < 4.78 is 0. The van der Waals surface area contributed by atoms with E-state index in [0.29, 0.717) is 12.4 Å². The van der Waals surface area contributed by atoms with E-state index in [4.69, 9.17) is 0 Å². The minimum absolute atomic E-state index is 0.0528. The van der Waals surface area contributed by atoms with Gasteiger partial charge in [-0.2, -0.15) is 4.98 Å². The molecule has 0 amide bonds. The number of para-hydroxylation sites is 2. The van der Waals surface area contributed by atoms with Crippen molar-refractivity contribution in [1.29, 1.82) is 0 Å². The lowest BCUT2D eigenvalue weighted by Crippen LogP contribution is -2.09. The molecule has 0 saturated carbocycles. The molecule has 1 aromatic heterocycles. The summed E-state index contributed by atoms with van der Waals surface area (Å²) in [5.74, 6) is 1.26. The summed E-state index contributed by atoms with van der Waals surface area (Å²) in [4.78, 5) is 9.26. The minimum atomic E-state index is 0.0528. The minimum Gasteiger partial charge on any atom is -0.396 e. The second kappa shape index (κ2) is 7.97. The third kappa shape index (κ3) is 4.00. The molecule has 0 aliphatic rings. The van der Waals surface area contributed by atoms with Crippen molar-refractivity contribution < 1.29 is 5.11 Å². The van der Waals surface area contributed by atoms with E-state index in [2.05, 4.69) is 33.6 Å². The topological polar surface area (TPSA) is 70.1 Å². The average Bonchev–Trinajstić information content (AvgIpc) is 2.62. The molecule has 0 aliphatic heterocycles. The van der Waals surface area contributed by atoms with Gasteiger partial charge >= 0.3 is 0 Å². The Balaban J connectivity index is 1.99. The van der Waals surface area contributed by atoms with E-state index in [1.165, 1.54) is 0 Å². The van der Waals surface area contributed by atoms with Gasteiger partial charge in [-0.05, 0) is 44.0 Å². The van der Waals surface area contributed by atoms with Gasteiger partial charge in [0, 0.05) is 35.7 Å². The molecule has 0 saturated heterocycles. The number of hydrogen-bond donors (Lipinski definition) is 3. The molecule has 0 atom stereocenters. The number of anilines is 4. The Labute approximate surface area is 154 Å². The van der Waals surface area contributed by atoms with Crippen molar-refractivity contribution in [2.45, 2.75) is 27.2 Å². The fourth-order valence-electron chi connectivity index (χ4n) is 2.84. The highest BCUT2D eigenvalue weighted by atomic mass is 16.3. The van der Waals surface area contributed by atoms with Crippen LogP contribution in [-0.2, 0) is 6.42 Å². The molecule has 1 heterocycles. The van der Waals surface area contributed by atoms with Gasteiger partial charge in [0.25, 0.3) is 0 Å². The Hall–Kier alpha value is -2.92. The normalized spacial score (nSPS) is 10.6. The van der Waals surface area contributed by atoms with Crippen LogP contribution in [0, 0.1) is 20.8 Å². The predicted octanol–water partition coefficient (Wildman–Crippen LogP) is 4.42. The SMILES string of the molecule is Cc1ccccc1Nc1nc(C)c(CCO)c(Nc2ccccc2C)n1. The summed E-state index contributed by atoms with van der Waals surface area (Å²) in [6.45, 7) is 6.09. The summed E-state index contributed by atoms with van der Waals surface area (Å²) in [5, 5.41) is 16.1. The van der Waals surface area contributed by atoms with Crippen LogP contribution in [0.3, 0.4) is 0 Å². The second-order valence-corrected chi connectivity index (χ2v) is 6.31. The van der Waals surface area contributed by atoms with Gasteiger partial charge in [-0.3, -0.25) is 0 Å². The maximum Gasteiger partial charge on any atom is 0.229 e. The molecule has 3 N–H and O–H groups in total. The summed E-state index contributed by atoms with van der Waals surface area (Å²) >= 11 is 0. The number of nitrogens with zero attached hydrogens (tertiary/aromatic N) is 2. The van der Waals surface area contributed by atoms with Gasteiger partial charge in [0.15, 0.2) is 0 Å². The molecule has 0 unspecified atom stereocenters. The standard InChI is InChI=1S/C21H24N4O/c1-14-8-4-6-10-18(14)23-20-17(12-13-26)16(3)22-21(25-20)24-19-11-7-5-9-15(19)2/h4-11,26H,12-13H2,1-3H3,(H2,22,23,24,25). The molecule has 5 nitrogen and oxygen atoms in total. The summed E-state index contributed by atoms with van der Waals surface area (Å²) in [6, 6.07) is 16.1. The summed E-state index contributed by atoms with van der Waals surface area (Å²) in [7, 11) is 0. The molecule has 0 fully saturated rings. The molecule has 5 heteroatoms. The number of aliphatic hydroxyl groups excluding tert-OH is 1. The van der Waals surface area contributed by atoms with Crippen LogP contribution in [0.25, 0.3) is 0 Å². The number of benzene rings is 2. The van der Waals surface area contributed by atoms with Crippen molar-refractivity contribution in [3.63, 3.8) is 0 Å². The third-order valence-corrected chi connectivity index (χ3v) is 4.37. The van der Waals surface area contributed by atoms with E-state index in [1.54, 1.807) is 0 Å². The Morgan fingerprint density at radius 1 is 0.808 bits per heavy atom. The quantitative estimate of drug-likeness (QED) is 0.615. The van der Waals surface area contributed by atoms with Crippen LogP contribution < -0.4 is 10.6 Å². The molecule has 0 aliphatic carbocycles. The van der Waals surface area contributed by atoms with Crippen molar-refractivity contribution in [1.82, 2.24) is 9.97 Å². The first kappa shape index (κ1) is 17.9. The van der Waals surface area contributed by atoms with E-state index >= 15 is 0 Å². The molecule has 3 rings (SSSR count). The first-order valence-corrected chi connectivity index (χ1v) is 8.72. The first-order chi connectivity index (χ1) is 12.6. The zero-order valence-electron chi connectivity index (χ0n) is 15.4. The molecule has 0 spiro atoms. The molecule has 3 aromatic rings. The molecular formula is C21H24N4O. The lowest BCUT2D eigenvalue weighted by Gasteiger charge is -2.16. The van der Waals surface area contributed by atoms with E-state index in [0.717, 1.165) is 39.6 Å². The average molecular weight is 348 g/mol. The van der Waals surface area contributed by atoms with Gasteiger partial charge < -0.3 is 15.7 Å². The largest absolute Gasteiger partial charge is 0.396 e. The number of aryl methyl sites for hydroxylation is 3. The second-order valence-electron chi connectivity index (χ2n) is 6.31. The lowest BCUT2D eigenvalue weighted by atomic mass is 10.1. The van der Waals surface area contributed by atoms with E-state index in [1.807, 2.05) is 56.3 Å². The van der Waals surface area contributed by atoms with Crippen LogP contribution in [0.1, 0.15) is 22.4 Å². The van der Waals surface area contributed by atoms with E-state index in [-0.39, 0.29) is 6.61 Å². The Bertz CT molecular complexity index is 908. The van der Waals surface area contributed by atoms with Crippen molar-refractivity contribution in [2.24, 2.45) is 0 Å². The molecular weight excluding hydrogens is 324 g/mol. The van der Waals surface area contributed by atoms with Crippen LogP contribution in [0.4, 0.5) is 23.1 Å². The van der Waals surface area contributed by atoms with Crippen molar-refractivity contribution in [3.8, 4) is 0 Å². The monoisotopic (exact) mass is 348 g/mol. The van der Waals surface area contributed by atoms with Crippen LogP contribution in [-0.4, -0.2) is 21.7 Å². The number of aliphatic hydroxyl groups is 1. The van der Waals surface area contributed by atoms with Gasteiger partial charge in [0.1, 0.15) is 5.82 Å². The van der Waals surface area contributed by atoms with Crippen LogP contribution in [0.15, 0.2) is 48.5 Å². The lowest BCUT2D eigenvalue weighted by molar-refractivity contribution is 0.299. The fraction of sp³-hybridized carbons (Fsp3) is 0.238.